The first-order chi connectivity index (χ1) is 17.0. The third kappa shape index (κ3) is 6.18. The number of nitrogens with zero attached hydrogens (tertiary/aromatic N) is 1. The van der Waals surface area contributed by atoms with Crippen LogP contribution in [0.5, 0.6) is 17.2 Å². The number of hydrogen-bond donors (Lipinski definition) is 0. The molecule has 0 unspecified atom stereocenters. The molecule has 0 radical (unpaired) electrons. The summed E-state index contributed by atoms with van der Waals surface area (Å²) in [6, 6.07) is 22.6. The number of oxazole rings is 1. The van der Waals surface area contributed by atoms with Crippen molar-refractivity contribution in [3.8, 4) is 28.7 Å². The van der Waals surface area contributed by atoms with E-state index in [0.717, 1.165) is 11.1 Å². The second kappa shape index (κ2) is 11.2. The molecule has 0 N–H and O–H groups in total. The molecular formula is C29H27NO5. The largest absolute Gasteiger partial charge is 0.493 e. The van der Waals surface area contributed by atoms with E-state index in [9.17, 15) is 4.79 Å². The van der Waals surface area contributed by atoms with E-state index >= 15 is 0 Å². The minimum atomic E-state index is -0.174. The van der Waals surface area contributed by atoms with E-state index in [-0.39, 0.29) is 11.9 Å². The molecule has 1 heterocycles. The number of methoxy groups -OCH3 is 1. The van der Waals surface area contributed by atoms with E-state index in [1.54, 1.807) is 25.3 Å². The molecule has 0 fully saturated rings. The Morgan fingerprint density at radius 3 is 2.51 bits per heavy atom. The molecule has 0 bridgehead atoms. The van der Waals surface area contributed by atoms with Crippen LogP contribution in [-0.2, 0) is 6.61 Å². The van der Waals surface area contributed by atoms with Crippen molar-refractivity contribution in [1.82, 2.24) is 4.98 Å². The number of ether oxygens (including phenoxy) is 3. The molecule has 0 atom stereocenters. The summed E-state index contributed by atoms with van der Waals surface area (Å²) in [4.78, 5) is 17.2. The minimum absolute atomic E-state index is 0.0305. The number of allylic oxidation sites excluding steroid dienone is 1. The van der Waals surface area contributed by atoms with Gasteiger partial charge in [0.1, 0.15) is 24.3 Å². The number of carbonyl (C=O) groups excluding carboxylic acids is 1. The Labute approximate surface area is 204 Å². The molecule has 0 aliphatic rings. The highest BCUT2D eigenvalue weighted by Crippen LogP contribution is 2.33. The second-order valence-electron chi connectivity index (χ2n) is 8.08. The van der Waals surface area contributed by atoms with Gasteiger partial charge in [-0.25, -0.2) is 4.98 Å². The maximum absolute atomic E-state index is 12.7. The highest BCUT2D eigenvalue weighted by molar-refractivity contribution is 6.08. The molecule has 6 nitrogen and oxygen atoms in total. The molecule has 1 aromatic heterocycles. The molecule has 178 valence electrons. The third-order valence-corrected chi connectivity index (χ3v) is 5.09. The van der Waals surface area contributed by atoms with Crippen LogP contribution in [-0.4, -0.2) is 24.0 Å². The fraction of sp³-hybridized carbons (Fsp3) is 0.172. The summed E-state index contributed by atoms with van der Waals surface area (Å²) >= 11 is 0. The Bertz CT molecular complexity index is 1310. The normalized spacial score (nSPS) is 11.1. The van der Waals surface area contributed by atoms with Gasteiger partial charge in [-0.3, -0.25) is 4.79 Å². The van der Waals surface area contributed by atoms with Crippen LogP contribution in [0, 0.1) is 0 Å². The molecule has 6 heteroatoms. The Kier molecular flexibility index (Phi) is 7.63. The first kappa shape index (κ1) is 23.8. The fourth-order valence-electron chi connectivity index (χ4n) is 3.43. The fourth-order valence-corrected chi connectivity index (χ4v) is 3.43. The molecule has 0 spiro atoms. The molecule has 4 aromatic rings. The van der Waals surface area contributed by atoms with Crippen molar-refractivity contribution in [2.45, 2.75) is 26.6 Å². The standard InChI is InChI=1S/C29H27NO5/c1-20(2)35-26-12-8-7-11-24(26)25(31)15-14-23-19-34-29(30-23)22-13-16-27(32-3)28(17-22)33-18-21-9-5-4-6-10-21/h4-17,19-20H,18H2,1-3H3. The van der Waals surface area contributed by atoms with Gasteiger partial charge in [-0.15, -0.1) is 0 Å². The van der Waals surface area contributed by atoms with Gasteiger partial charge in [-0.05, 0) is 61.9 Å². The predicted octanol–water partition coefficient (Wildman–Crippen LogP) is 6.61. The van der Waals surface area contributed by atoms with Gasteiger partial charge < -0.3 is 18.6 Å². The van der Waals surface area contributed by atoms with Gasteiger partial charge in [0.05, 0.1) is 18.8 Å². The van der Waals surface area contributed by atoms with Crippen molar-refractivity contribution in [1.29, 1.82) is 0 Å². The van der Waals surface area contributed by atoms with Gasteiger partial charge in [0, 0.05) is 5.56 Å². The molecule has 4 rings (SSSR count). The van der Waals surface area contributed by atoms with E-state index in [4.69, 9.17) is 18.6 Å². The average Bonchev–Trinajstić information content (AvgIpc) is 3.35. The number of hydrogen-bond acceptors (Lipinski definition) is 6. The van der Waals surface area contributed by atoms with Crippen molar-refractivity contribution in [2.24, 2.45) is 0 Å². The lowest BCUT2D eigenvalue weighted by Gasteiger charge is -2.12. The molecular weight excluding hydrogens is 442 g/mol. The average molecular weight is 470 g/mol. The monoisotopic (exact) mass is 469 g/mol. The molecule has 0 saturated carbocycles. The zero-order chi connectivity index (χ0) is 24.6. The first-order valence-corrected chi connectivity index (χ1v) is 11.3. The van der Waals surface area contributed by atoms with Crippen LogP contribution in [0.2, 0.25) is 0 Å². The molecule has 35 heavy (non-hydrogen) atoms. The summed E-state index contributed by atoms with van der Waals surface area (Å²) in [5.41, 5.74) is 2.80. The SMILES string of the molecule is COc1ccc(-c2nc(C=CC(=O)c3ccccc3OC(C)C)co2)cc1OCc1ccccc1. The first-order valence-electron chi connectivity index (χ1n) is 11.3. The van der Waals surface area contributed by atoms with Crippen LogP contribution in [0.25, 0.3) is 17.5 Å². The summed E-state index contributed by atoms with van der Waals surface area (Å²) in [6.45, 7) is 4.25. The van der Waals surface area contributed by atoms with E-state index in [2.05, 4.69) is 4.98 Å². The maximum atomic E-state index is 12.7. The summed E-state index contributed by atoms with van der Waals surface area (Å²) in [6.07, 6.45) is 4.56. The summed E-state index contributed by atoms with van der Waals surface area (Å²) < 4.78 is 22.8. The third-order valence-electron chi connectivity index (χ3n) is 5.09. The van der Waals surface area contributed by atoms with E-state index in [0.29, 0.717) is 41.0 Å². The highest BCUT2D eigenvalue weighted by atomic mass is 16.5. The van der Waals surface area contributed by atoms with Crippen molar-refractivity contribution in [3.05, 3.63) is 102 Å². The molecule has 0 amide bonds. The maximum Gasteiger partial charge on any atom is 0.226 e. The van der Waals surface area contributed by atoms with Crippen molar-refractivity contribution in [2.75, 3.05) is 7.11 Å². The van der Waals surface area contributed by atoms with E-state index in [1.807, 2.05) is 74.5 Å². The van der Waals surface area contributed by atoms with Crippen LogP contribution >= 0.6 is 0 Å². The molecule has 0 saturated heterocycles. The number of aromatic nitrogens is 1. The lowest BCUT2D eigenvalue weighted by Crippen LogP contribution is -2.09. The van der Waals surface area contributed by atoms with Gasteiger partial charge in [-0.1, -0.05) is 42.5 Å². The molecule has 0 aliphatic heterocycles. The van der Waals surface area contributed by atoms with Crippen LogP contribution in [0.3, 0.4) is 0 Å². The van der Waals surface area contributed by atoms with Crippen molar-refractivity contribution >= 4 is 11.9 Å². The number of para-hydroxylation sites is 1. The summed E-state index contributed by atoms with van der Waals surface area (Å²) in [5.74, 6) is 1.99. The number of benzene rings is 3. The summed E-state index contributed by atoms with van der Waals surface area (Å²) in [7, 11) is 1.60. The Balaban J connectivity index is 1.49. The lowest BCUT2D eigenvalue weighted by molar-refractivity contribution is 0.104. The topological polar surface area (TPSA) is 70.8 Å². The number of rotatable bonds is 10. The van der Waals surface area contributed by atoms with Gasteiger partial charge in [0.2, 0.25) is 5.89 Å². The summed E-state index contributed by atoms with van der Waals surface area (Å²) in [5, 5.41) is 0. The van der Waals surface area contributed by atoms with Crippen LogP contribution in [0.15, 0.2) is 89.6 Å². The number of carbonyl (C=O) groups is 1. The van der Waals surface area contributed by atoms with Gasteiger partial charge in [0.15, 0.2) is 17.3 Å². The van der Waals surface area contributed by atoms with E-state index < -0.39 is 0 Å². The van der Waals surface area contributed by atoms with Crippen molar-refractivity contribution in [3.63, 3.8) is 0 Å². The minimum Gasteiger partial charge on any atom is -0.493 e. The quantitative estimate of drug-likeness (QED) is 0.192. The van der Waals surface area contributed by atoms with Crippen LogP contribution in [0.4, 0.5) is 0 Å². The second-order valence-corrected chi connectivity index (χ2v) is 8.08. The Hall–Kier alpha value is -4.32. The highest BCUT2D eigenvalue weighted by Gasteiger charge is 2.13. The zero-order valence-corrected chi connectivity index (χ0v) is 19.9. The van der Waals surface area contributed by atoms with Gasteiger partial charge in [0.25, 0.3) is 0 Å². The van der Waals surface area contributed by atoms with E-state index in [1.165, 1.54) is 12.3 Å². The zero-order valence-electron chi connectivity index (χ0n) is 19.9. The van der Waals surface area contributed by atoms with Crippen molar-refractivity contribution < 1.29 is 23.4 Å². The molecule has 0 aliphatic carbocycles. The van der Waals surface area contributed by atoms with Crippen LogP contribution in [0.1, 0.15) is 35.5 Å². The predicted molar refractivity (Wildman–Crippen MR) is 135 cm³/mol. The Morgan fingerprint density at radius 1 is 0.971 bits per heavy atom. The van der Waals surface area contributed by atoms with Gasteiger partial charge in [-0.2, -0.15) is 0 Å². The van der Waals surface area contributed by atoms with Crippen LogP contribution < -0.4 is 14.2 Å². The Morgan fingerprint density at radius 2 is 1.74 bits per heavy atom. The van der Waals surface area contributed by atoms with Gasteiger partial charge >= 0.3 is 0 Å². The molecule has 3 aromatic carbocycles. The smallest absolute Gasteiger partial charge is 0.226 e. The lowest BCUT2D eigenvalue weighted by atomic mass is 10.1. The number of ketones is 1.